The number of fused-ring (bicyclic) bond motifs is 1. The lowest BCUT2D eigenvalue weighted by atomic mass is 10.1. The molecule has 0 saturated carbocycles. The first-order chi connectivity index (χ1) is 17.6. The molecule has 4 unspecified atom stereocenters. The molecule has 0 bridgehead atoms. The molecule has 18 heteroatoms. The topological polar surface area (TPSA) is 219 Å². The second kappa shape index (κ2) is 11.9. The monoisotopic (exact) mass is 581 g/mol. The Morgan fingerprint density at radius 1 is 1.24 bits per heavy atom. The first-order valence-corrected chi connectivity index (χ1v) is 14.9. The van der Waals surface area contributed by atoms with E-state index in [-0.39, 0.29) is 12.2 Å². The van der Waals surface area contributed by atoms with E-state index < -0.39 is 82.2 Å². The van der Waals surface area contributed by atoms with E-state index in [1.54, 1.807) is 13.8 Å². The van der Waals surface area contributed by atoms with Gasteiger partial charge in [-0.1, -0.05) is 0 Å². The molecular formula is C20H29N3O13P2. The normalized spacial score (nSPS) is 28.0. The Hall–Kier alpha value is -2.13. The standard InChI is InChI=1S/C20H29N3O13P2/c1-12(26)21-15-4-6-23(19(27)22-15)18-17-16(35-20(2,3)36-17)14(34-18)10-33-38(30,31)11-37(28,29)32-9-13(8-25)5-7-24/h4,6-8,13-14,16-18H,5,9-11H2,1-3H3,(H,28,29)(H,30,31)(H,21,22,26,27)/t13?,14-,16+,17?,18-/m1/s1. The quantitative estimate of drug-likeness (QED) is 0.212. The van der Waals surface area contributed by atoms with E-state index in [0.29, 0.717) is 12.6 Å². The largest absolute Gasteiger partial charge is 0.351 e. The molecule has 7 atom stereocenters. The highest BCUT2D eigenvalue weighted by molar-refractivity contribution is 7.70. The van der Waals surface area contributed by atoms with Gasteiger partial charge < -0.3 is 48.0 Å². The molecule has 2 aliphatic heterocycles. The first kappa shape index (κ1) is 30.4. The smallest absolute Gasteiger partial charge is 0.346 e. The molecule has 1 amide bonds. The number of amides is 1. The van der Waals surface area contributed by atoms with Crippen molar-refractivity contribution in [2.24, 2.45) is 5.92 Å². The van der Waals surface area contributed by atoms with Crippen LogP contribution in [0, 0.1) is 5.92 Å². The third-order valence-electron chi connectivity index (χ3n) is 5.41. The van der Waals surface area contributed by atoms with Crippen molar-refractivity contribution in [2.75, 3.05) is 24.4 Å². The van der Waals surface area contributed by atoms with Crippen LogP contribution in [0.15, 0.2) is 17.1 Å². The molecule has 3 heterocycles. The Labute approximate surface area is 216 Å². The lowest BCUT2D eigenvalue weighted by Gasteiger charge is -2.25. The molecule has 2 saturated heterocycles. The van der Waals surface area contributed by atoms with Crippen molar-refractivity contribution in [1.29, 1.82) is 0 Å². The molecule has 0 spiro atoms. The van der Waals surface area contributed by atoms with Gasteiger partial charge in [0.25, 0.3) is 0 Å². The minimum Gasteiger partial charge on any atom is -0.346 e. The third kappa shape index (κ3) is 7.94. The molecular weight excluding hydrogens is 552 g/mol. The van der Waals surface area contributed by atoms with Crippen LogP contribution in [0.1, 0.15) is 33.4 Å². The van der Waals surface area contributed by atoms with Crippen molar-refractivity contribution in [3.63, 3.8) is 0 Å². The van der Waals surface area contributed by atoms with Crippen LogP contribution >= 0.6 is 15.2 Å². The van der Waals surface area contributed by atoms with E-state index in [0.717, 1.165) is 4.57 Å². The van der Waals surface area contributed by atoms with E-state index >= 15 is 0 Å². The number of aldehydes is 2. The number of nitrogens with one attached hydrogen (secondary N) is 1. The maximum atomic E-state index is 12.6. The van der Waals surface area contributed by atoms with Gasteiger partial charge in [0.15, 0.2) is 17.9 Å². The molecule has 1 aromatic heterocycles. The first-order valence-electron chi connectivity index (χ1n) is 11.3. The zero-order chi connectivity index (χ0) is 28.3. The van der Waals surface area contributed by atoms with Crippen LogP contribution in [0.5, 0.6) is 0 Å². The number of ether oxygens (including phenoxy) is 3. The van der Waals surface area contributed by atoms with E-state index in [2.05, 4.69) is 10.3 Å². The highest BCUT2D eigenvalue weighted by Crippen LogP contribution is 2.58. The third-order valence-corrected chi connectivity index (χ3v) is 9.38. The molecule has 212 valence electrons. The summed E-state index contributed by atoms with van der Waals surface area (Å²) in [5.74, 6) is -3.76. The van der Waals surface area contributed by atoms with Crippen molar-refractivity contribution in [2.45, 2.75) is 57.5 Å². The van der Waals surface area contributed by atoms with Crippen LogP contribution in [0.4, 0.5) is 5.82 Å². The van der Waals surface area contributed by atoms with Gasteiger partial charge in [0.05, 0.1) is 13.2 Å². The highest BCUT2D eigenvalue weighted by atomic mass is 31.2. The fourth-order valence-electron chi connectivity index (χ4n) is 3.87. The lowest BCUT2D eigenvalue weighted by molar-refractivity contribution is -0.199. The Balaban J connectivity index is 1.69. The molecule has 2 fully saturated rings. The highest BCUT2D eigenvalue weighted by Gasteiger charge is 2.56. The molecule has 3 rings (SSSR count). The average molecular weight is 581 g/mol. The number of hydrogen-bond donors (Lipinski definition) is 3. The summed E-state index contributed by atoms with van der Waals surface area (Å²) < 4.78 is 53.2. The Kier molecular flexibility index (Phi) is 9.56. The summed E-state index contributed by atoms with van der Waals surface area (Å²) in [5.41, 5.74) is -0.774. The number of carbonyl (C=O) groups excluding carboxylic acids is 3. The van der Waals surface area contributed by atoms with Crippen LogP contribution < -0.4 is 11.0 Å². The zero-order valence-corrected chi connectivity index (χ0v) is 22.5. The predicted octanol–water partition coefficient (Wildman–Crippen LogP) is 0.385. The van der Waals surface area contributed by atoms with Gasteiger partial charge in [-0.3, -0.25) is 18.5 Å². The van der Waals surface area contributed by atoms with Gasteiger partial charge in [0.1, 0.15) is 36.7 Å². The molecule has 0 radical (unpaired) electrons. The SMILES string of the molecule is CC(=O)Nc1ccn([C@@H]2O[C@H](COP(=O)(O)CP(=O)(O)OCC(C=O)CC=O)[C@@H]3OC(C)(C)OC32)c(=O)n1. The van der Waals surface area contributed by atoms with Gasteiger partial charge in [0.2, 0.25) is 5.91 Å². The second-order valence-corrected chi connectivity index (χ2v) is 13.3. The second-order valence-electron chi connectivity index (χ2n) is 9.12. The number of rotatable bonds is 13. The Morgan fingerprint density at radius 2 is 1.89 bits per heavy atom. The van der Waals surface area contributed by atoms with Crippen LogP contribution in [0.3, 0.4) is 0 Å². The summed E-state index contributed by atoms with van der Waals surface area (Å²) in [5, 5.41) is 2.39. The average Bonchev–Trinajstić information content (AvgIpc) is 3.27. The summed E-state index contributed by atoms with van der Waals surface area (Å²) in [6, 6.07) is 1.37. The summed E-state index contributed by atoms with van der Waals surface area (Å²) in [7, 11) is -9.42. The van der Waals surface area contributed by atoms with E-state index in [4.69, 9.17) is 23.3 Å². The molecule has 2 aliphatic rings. The summed E-state index contributed by atoms with van der Waals surface area (Å²) in [4.78, 5) is 69.1. The van der Waals surface area contributed by atoms with Gasteiger partial charge >= 0.3 is 20.9 Å². The van der Waals surface area contributed by atoms with Gasteiger partial charge in [-0.2, -0.15) is 4.98 Å². The minimum absolute atomic E-state index is 0.0274. The molecule has 3 N–H and O–H groups in total. The fraction of sp³-hybridized carbons (Fsp3) is 0.650. The van der Waals surface area contributed by atoms with Crippen LogP contribution in [-0.2, 0) is 46.8 Å². The fourth-order valence-corrected chi connectivity index (χ4v) is 7.13. The van der Waals surface area contributed by atoms with Gasteiger partial charge in [-0.25, -0.2) is 4.79 Å². The van der Waals surface area contributed by atoms with Gasteiger partial charge in [-0.05, 0) is 19.9 Å². The number of aromatic nitrogens is 2. The van der Waals surface area contributed by atoms with Crippen molar-refractivity contribution in [3.05, 3.63) is 22.7 Å². The van der Waals surface area contributed by atoms with Crippen molar-refractivity contribution < 1.29 is 56.6 Å². The van der Waals surface area contributed by atoms with Crippen molar-refractivity contribution in [1.82, 2.24) is 9.55 Å². The number of hydrogen-bond acceptors (Lipinski definition) is 12. The maximum Gasteiger partial charge on any atom is 0.351 e. The Bertz CT molecular complexity index is 1200. The van der Waals surface area contributed by atoms with Gasteiger partial charge in [-0.15, -0.1) is 0 Å². The van der Waals surface area contributed by atoms with Gasteiger partial charge in [0, 0.05) is 25.5 Å². The lowest BCUT2D eigenvalue weighted by Crippen LogP contribution is -2.35. The summed E-state index contributed by atoms with van der Waals surface area (Å²) >= 11 is 0. The molecule has 0 aromatic carbocycles. The van der Waals surface area contributed by atoms with E-state index in [1.807, 2.05) is 0 Å². The summed E-state index contributed by atoms with van der Waals surface area (Å²) in [6.07, 6.45) is -1.94. The van der Waals surface area contributed by atoms with Crippen LogP contribution in [0.2, 0.25) is 0 Å². The number of nitrogens with zero attached hydrogens (tertiary/aromatic N) is 2. The summed E-state index contributed by atoms with van der Waals surface area (Å²) in [6.45, 7) is 3.31. The zero-order valence-electron chi connectivity index (χ0n) is 20.7. The van der Waals surface area contributed by atoms with Crippen molar-refractivity contribution >= 4 is 39.5 Å². The molecule has 16 nitrogen and oxygen atoms in total. The molecule has 0 aliphatic carbocycles. The van der Waals surface area contributed by atoms with E-state index in [9.17, 15) is 38.1 Å². The minimum atomic E-state index is -4.73. The predicted molar refractivity (Wildman–Crippen MR) is 127 cm³/mol. The molecule has 38 heavy (non-hydrogen) atoms. The molecule has 1 aromatic rings. The van der Waals surface area contributed by atoms with Crippen LogP contribution in [-0.4, -0.2) is 81.0 Å². The van der Waals surface area contributed by atoms with E-state index in [1.165, 1.54) is 19.2 Å². The Morgan fingerprint density at radius 3 is 2.50 bits per heavy atom. The number of carbonyl (C=O) groups is 3. The number of anilines is 1. The van der Waals surface area contributed by atoms with Crippen LogP contribution in [0.25, 0.3) is 0 Å². The maximum absolute atomic E-state index is 12.6. The van der Waals surface area contributed by atoms with Crippen molar-refractivity contribution in [3.8, 4) is 0 Å².